The van der Waals surface area contributed by atoms with Crippen molar-refractivity contribution in [2.75, 3.05) is 46.4 Å². The van der Waals surface area contributed by atoms with Crippen molar-refractivity contribution in [2.45, 2.75) is 19.1 Å². The van der Waals surface area contributed by atoms with E-state index in [0.717, 1.165) is 16.3 Å². The number of aliphatic carboxylic acids is 1. The molecule has 7 heteroatoms. The molecule has 2 aromatic carbocycles. The lowest BCUT2D eigenvalue weighted by molar-refractivity contribution is -0.138. The molecule has 2 N–H and O–H groups in total. The highest BCUT2D eigenvalue weighted by Gasteiger charge is 2.24. The number of nitrogens with zero attached hydrogens (tertiary/aromatic N) is 2. The van der Waals surface area contributed by atoms with Crippen molar-refractivity contribution in [3.63, 3.8) is 0 Å². The van der Waals surface area contributed by atoms with Crippen LogP contribution >= 0.6 is 0 Å². The van der Waals surface area contributed by atoms with Crippen LogP contribution < -0.4 is 5.32 Å². The van der Waals surface area contributed by atoms with E-state index in [0.29, 0.717) is 32.8 Å². The molecule has 0 aromatic heterocycles. The topological polar surface area (TPSA) is 82.1 Å². The third kappa shape index (κ3) is 6.00. The van der Waals surface area contributed by atoms with E-state index in [4.69, 9.17) is 9.84 Å². The number of carbonyl (C=O) groups excluding carboxylic acids is 1. The Morgan fingerprint density at radius 2 is 2.03 bits per heavy atom. The van der Waals surface area contributed by atoms with Gasteiger partial charge >= 0.3 is 5.97 Å². The summed E-state index contributed by atoms with van der Waals surface area (Å²) in [6.07, 6.45) is -0.101. The van der Waals surface area contributed by atoms with E-state index in [2.05, 4.69) is 34.5 Å². The molecule has 1 heterocycles. The normalized spacial score (nSPS) is 18.7. The van der Waals surface area contributed by atoms with E-state index < -0.39 is 5.97 Å². The molecule has 2 unspecified atom stereocenters. The first-order valence-corrected chi connectivity index (χ1v) is 9.93. The molecule has 1 saturated heterocycles. The zero-order chi connectivity index (χ0) is 20.8. The monoisotopic (exact) mass is 399 g/mol. The summed E-state index contributed by atoms with van der Waals surface area (Å²) in [5.41, 5.74) is 1.10. The van der Waals surface area contributed by atoms with E-state index in [1.54, 1.807) is 11.9 Å². The van der Waals surface area contributed by atoms with E-state index in [9.17, 15) is 9.59 Å². The molecular weight excluding hydrogens is 370 g/mol. The summed E-state index contributed by atoms with van der Waals surface area (Å²) in [5.74, 6) is -0.882. The molecule has 1 aliphatic rings. The quantitative estimate of drug-likeness (QED) is 0.704. The summed E-state index contributed by atoms with van der Waals surface area (Å²) in [6.45, 7) is 4.65. The number of hydrogen-bond acceptors (Lipinski definition) is 5. The van der Waals surface area contributed by atoms with Crippen LogP contribution in [-0.2, 0) is 14.3 Å². The number of nitrogens with one attached hydrogen (secondary N) is 1. The lowest BCUT2D eigenvalue weighted by atomic mass is 10.00. The number of carbonyl (C=O) groups is 2. The number of ether oxygens (including phenoxy) is 1. The zero-order valence-corrected chi connectivity index (χ0v) is 17.0. The van der Waals surface area contributed by atoms with Gasteiger partial charge in [0.05, 0.1) is 31.8 Å². The average molecular weight is 399 g/mol. The van der Waals surface area contributed by atoms with E-state index in [1.165, 1.54) is 0 Å². The van der Waals surface area contributed by atoms with E-state index in [-0.39, 0.29) is 24.6 Å². The highest BCUT2D eigenvalue weighted by Crippen LogP contribution is 2.24. The van der Waals surface area contributed by atoms with Crippen LogP contribution in [0.2, 0.25) is 0 Å². The Balaban J connectivity index is 1.54. The summed E-state index contributed by atoms with van der Waals surface area (Å²) in [4.78, 5) is 27.2. The largest absolute Gasteiger partial charge is 0.480 e. The fraction of sp³-hybridized carbons (Fsp3) is 0.455. The van der Waals surface area contributed by atoms with Crippen LogP contribution in [0.3, 0.4) is 0 Å². The second kappa shape index (κ2) is 9.82. The lowest BCUT2D eigenvalue weighted by Gasteiger charge is -2.34. The fourth-order valence-electron chi connectivity index (χ4n) is 3.87. The summed E-state index contributed by atoms with van der Waals surface area (Å²) in [6, 6.07) is 14.2. The molecule has 156 valence electrons. The van der Waals surface area contributed by atoms with Gasteiger partial charge in [-0.2, -0.15) is 0 Å². The number of morpholine rings is 1. The SMILES string of the molecule is CC(NC(=O)CN1CCOC(CN(C)CC(=O)O)C1)c1cccc2ccccc12. The molecule has 0 saturated carbocycles. The molecule has 3 rings (SSSR count). The third-order valence-corrected chi connectivity index (χ3v) is 5.18. The van der Waals surface area contributed by atoms with Crippen LogP contribution in [0.1, 0.15) is 18.5 Å². The summed E-state index contributed by atoms with van der Waals surface area (Å²) < 4.78 is 5.73. The minimum absolute atomic E-state index is 0.0232. The number of likely N-dealkylation sites (N-methyl/N-ethyl adjacent to an activating group) is 1. The van der Waals surface area contributed by atoms with Crippen molar-refractivity contribution >= 4 is 22.6 Å². The van der Waals surface area contributed by atoms with Gasteiger partial charge < -0.3 is 15.2 Å². The van der Waals surface area contributed by atoms with E-state index >= 15 is 0 Å². The van der Waals surface area contributed by atoms with Crippen LogP contribution in [0, 0.1) is 0 Å². The van der Waals surface area contributed by atoms with Crippen LogP contribution in [-0.4, -0.2) is 79.3 Å². The van der Waals surface area contributed by atoms with Crippen molar-refractivity contribution in [1.82, 2.24) is 15.1 Å². The van der Waals surface area contributed by atoms with Gasteiger partial charge in [0.1, 0.15) is 0 Å². The van der Waals surface area contributed by atoms with Crippen molar-refractivity contribution in [2.24, 2.45) is 0 Å². The molecular formula is C22H29N3O4. The van der Waals surface area contributed by atoms with Crippen LogP contribution in [0.15, 0.2) is 42.5 Å². The molecule has 2 atom stereocenters. The van der Waals surface area contributed by atoms with Crippen molar-refractivity contribution in [1.29, 1.82) is 0 Å². The smallest absolute Gasteiger partial charge is 0.317 e. The van der Waals surface area contributed by atoms with Gasteiger partial charge in [0, 0.05) is 19.6 Å². The standard InChI is InChI=1S/C22H29N3O4/c1-16(19-9-5-7-17-6-3-4-8-20(17)19)23-21(26)14-25-10-11-29-18(13-25)12-24(2)15-22(27)28/h3-9,16,18H,10-15H2,1-2H3,(H,23,26)(H,27,28). The first-order chi connectivity index (χ1) is 13.9. The van der Waals surface area contributed by atoms with Crippen molar-refractivity contribution in [3.8, 4) is 0 Å². The fourth-order valence-corrected chi connectivity index (χ4v) is 3.87. The Bertz CT molecular complexity index is 852. The molecule has 2 aromatic rings. The van der Waals surface area contributed by atoms with Gasteiger partial charge in [-0.3, -0.25) is 19.4 Å². The predicted octanol–water partition coefficient (Wildman–Crippen LogP) is 1.73. The maximum Gasteiger partial charge on any atom is 0.317 e. The second-order valence-corrected chi connectivity index (χ2v) is 7.68. The second-order valence-electron chi connectivity index (χ2n) is 7.68. The predicted molar refractivity (Wildman–Crippen MR) is 112 cm³/mol. The Morgan fingerprint density at radius 3 is 2.83 bits per heavy atom. The lowest BCUT2D eigenvalue weighted by Crippen LogP contribution is -2.50. The van der Waals surface area contributed by atoms with Gasteiger partial charge in [-0.05, 0) is 30.3 Å². The Morgan fingerprint density at radius 1 is 1.28 bits per heavy atom. The van der Waals surface area contributed by atoms with Crippen LogP contribution in [0.5, 0.6) is 0 Å². The Labute approximate surface area is 171 Å². The molecule has 0 radical (unpaired) electrons. The molecule has 1 amide bonds. The number of hydrogen-bond donors (Lipinski definition) is 2. The number of carboxylic acid groups (broad SMARTS) is 1. The first kappa shape index (κ1) is 21.2. The molecule has 0 spiro atoms. The molecule has 29 heavy (non-hydrogen) atoms. The maximum absolute atomic E-state index is 12.6. The van der Waals surface area contributed by atoms with Gasteiger partial charge in [0.15, 0.2) is 0 Å². The molecule has 1 fully saturated rings. The zero-order valence-electron chi connectivity index (χ0n) is 17.0. The minimum Gasteiger partial charge on any atom is -0.480 e. The van der Waals surface area contributed by atoms with Crippen LogP contribution in [0.4, 0.5) is 0 Å². The number of carboxylic acids is 1. The van der Waals surface area contributed by atoms with Gasteiger partial charge in [-0.1, -0.05) is 42.5 Å². The number of rotatable bonds is 8. The van der Waals surface area contributed by atoms with Gasteiger partial charge in [-0.15, -0.1) is 0 Å². The minimum atomic E-state index is -0.859. The molecule has 0 aliphatic carbocycles. The van der Waals surface area contributed by atoms with E-state index in [1.807, 2.05) is 25.1 Å². The first-order valence-electron chi connectivity index (χ1n) is 9.93. The van der Waals surface area contributed by atoms with Crippen molar-refractivity contribution < 1.29 is 19.4 Å². The number of benzene rings is 2. The number of amides is 1. The van der Waals surface area contributed by atoms with Crippen molar-refractivity contribution in [3.05, 3.63) is 48.0 Å². The third-order valence-electron chi connectivity index (χ3n) is 5.18. The number of fused-ring (bicyclic) bond motifs is 1. The summed E-state index contributed by atoms with van der Waals surface area (Å²) in [5, 5.41) is 14.3. The molecule has 1 aliphatic heterocycles. The van der Waals surface area contributed by atoms with Crippen LogP contribution in [0.25, 0.3) is 10.8 Å². The van der Waals surface area contributed by atoms with Gasteiger partial charge in [0.2, 0.25) is 5.91 Å². The molecule has 7 nitrogen and oxygen atoms in total. The average Bonchev–Trinajstić information content (AvgIpc) is 2.67. The van der Waals surface area contributed by atoms with Gasteiger partial charge in [0.25, 0.3) is 0 Å². The Hall–Kier alpha value is -2.48. The summed E-state index contributed by atoms with van der Waals surface area (Å²) in [7, 11) is 1.76. The van der Waals surface area contributed by atoms with Gasteiger partial charge in [-0.25, -0.2) is 0 Å². The highest BCUT2D eigenvalue weighted by molar-refractivity contribution is 5.87. The molecule has 0 bridgehead atoms. The maximum atomic E-state index is 12.6. The summed E-state index contributed by atoms with van der Waals surface area (Å²) >= 11 is 0. The highest BCUT2D eigenvalue weighted by atomic mass is 16.5. The Kier molecular flexibility index (Phi) is 7.19.